The summed E-state index contributed by atoms with van der Waals surface area (Å²) in [6.45, 7) is 19.4. The van der Waals surface area contributed by atoms with Crippen LogP contribution in [0.1, 0.15) is 25.0 Å². The molecule has 10 nitrogen and oxygen atoms in total. The van der Waals surface area contributed by atoms with Crippen LogP contribution in [0.25, 0.3) is 243 Å². The van der Waals surface area contributed by atoms with Gasteiger partial charge in [-0.25, -0.2) is 29.9 Å². The van der Waals surface area contributed by atoms with Gasteiger partial charge in [0.15, 0.2) is 17.5 Å². The fraction of sp³-hybridized carbons (Fsp3) is 0.0667. The molecule has 4 aliphatic rings. The first-order valence-corrected chi connectivity index (χ1v) is 61.4. The van der Waals surface area contributed by atoms with E-state index in [1.165, 1.54) is 177 Å². The monoisotopic (exact) mass is 1970 g/mol. The zero-order valence-electron chi connectivity index (χ0n) is 83.6. The highest BCUT2D eigenvalue weighted by Gasteiger charge is 2.46. The fourth-order valence-electron chi connectivity index (χ4n) is 25.7. The van der Waals surface area contributed by atoms with E-state index < -0.39 is 24.2 Å². The van der Waals surface area contributed by atoms with Crippen molar-refractivity contribution in [3.05, 3.63) is 460 Å². The number of hydrogen-bond donors (Lipinski definition) is 0. The topological polar surface area (TPSA) is 97.1 Å². The van der Waals surface area contributed by atoms with Crippen LogP contribution in [-0.4, -0.2) is 72.4 Å². The second kappa shape index (κ2) is 33.5. The number of hydrogen-bond acceptors (Lipinski definition) is 7. The largest absolute Gasteiger partial charge is 0.309 e. The van der Waals surface area contributed by atoms with Crippen molar-refractivity contribution >= 4 is 174 Å². The van der Waals surface area contributed by atoms with Crippen molar-refractivity contribution in [3.63, 3.8) is 0 Å². The van der Waals surface area contributed by atoms with Crippen molar-refractivity contribution in [2.24, 2.45) is 0 Å². The van der Waals surface area contributed by atoms with Gasteiger partial charge >= 0.3 is 0 Å². The molecule has 0 unspecified atom stereocenters. The quantitative estimate of drug-likeness (QED) is 0.127. The number of nitrogens with zero attached hydrogens (tertiary/aromatic N) is 10. The zero-order valence-corrected chi connectivity index (χ0v) is 87.4. The van der Waals surface area contributed by atoms with Gasteiger partial charge in [-0.2, -0.15) is 0 Å². The van der Waals surface area contributed by atoms with E-state index >= 15 is 0 Å². The van der Waals surface area contributed by atoms with Gasteiger partial charge in [-0.05, 0) is 179 Å². The normalized spacial score (nSPS) is 13.9. The molecule has 0 N–H and O–H groups in total. The molecule has 0 atom stereocenters. The van der Waals surface area contributed by atoms with Gasteiger partial charge in [-0.15, -0.1) is 11.3 Å². The van der Waals surface area contributed by atoms with Gasteiger partial charge in [-0.3, -0.25) is 0 Å². The summed E-state index contributed by atoms with van der Waals surface area (Å²) in [6.07, 6.45) is 0. The molecule has 3 aliphatic heterocycles. The summed E-state index contributed by atoms with van der Waals surface area (Å²) in [5, 5.41) is 21.2. The third kappa shape index (κ3) is 13.3. The van der Waals surface area contributed by atoms with Gasteiger partial charge in [0.25, 0.3) is 0 Å². The Hall–Kier alpha value is -17.5. The molecule has 0 saturated heterocycles. The van der Waals surface area contributed by atoms with E-state index in [9.17, 15) is 0 Å². The van der Waals surface area contributed by atoms with E-state index in [2.05, 4.69) is 502 Å². The summed E-state index contributed by atoms with van der Waals surface area (Å²) in [5.41, 5.74) is 36.3. The standard InChI is InChI=1S/C48H34N4Si.C45H35N3Si.C42H29N3SSi/c1-53(2)42-27-14-11-24-37(42)46-47(53)45(49-48(50-46)31-16-5-3-6-17-31)32-18-15-21-34(30-32)52-39-26-13-10-23-36(39)44-41(52)29-28-40-43(44)35-22-9-12-25-38(35)51(40)33-19-7-4-8-20-33;1-45(2)34-22-11-8-19-31(34)39-35(45)25-26-37-40(39)32-20-9-12-23-36(32)48(37)30-18-14-17-29(27-30)41-43-42(33-21-10-13-24-38(33)49(43,3)4)47-44(46-41)28-15-6-5-7-16-28;1-47(2)36-22-11-8-19-31(36)40-41(47)39(43-42(44-40)26-13-4-3-5-14-26)27-15-12-16-28(25-27)45-32-20-9-6-17-29(32)37-33(45)23-24-35-38(37)30-18-7-10-21-34(30)46-35/h3-30H,1-2H3;5-27H,1-4H3;3-25H,1-2H3. The van der Waals surface area contributed by atoms with Gasteiger partial charge < -0.3 is 18.3 Å². The third-order valence-electron chi connectivity index (χ3n) is 32.4. The molecule has 0 bridgehead atoms. The van der Waals surface area contributed by atoms with Crippen LogP contribution in [0.3, 0.4) is 0 Å². The third-order valence-corrected chi connectivity index (χ3v) is 44.1. The molecule has 19 aromatic carbocycles. The molecule has 149 heavy (non-hydrogen) atoms. The van der Waals surface area contributed by atoms with E-state index in [1.54, 1.807) is 0 Å². The molecule has 0 amide bonds. The van der Waals surface area contributed by atoms with Crippen LogP contribution in [0.4, 0.5) is 0 Å². The molecule has 11 heterocycles. The average Bonchev–Trinajstić information content (AvgIpc) is 1.52. The highest BCUT2D eigenvalue weighted by Crippen LogP contribution is 2.55. The lowest BCUT2D eigenvalue weighted by molar-refractivity contribution is 0.661. The fourth-order valence-corrected chi connectivity index (χ4v) is 36.5. The molecule has 0 radical (unpaired) electrons. The molecule has 31 rings (SSSR count). The van der Waals surface area contributed by atoms with Crippen LogP contribution in [0, 0.1) is 0 Å². The Morgan fingerprint density at radius 1 is 0.208 bits per heavy atom. The van der Waals surface area contributed by atoms with Crippen LogP contribution < -0.4 is 31.1 Å². The van der Waals surface area contributed by atoms with Gasteiger partial charge in [0.05, 0.1) is 78.3 Å². The van der Waals surface area contributed by atoms with Crippen molar-refractivity contribution in [3.8, 4) is 136 Å². The predicted octanol–water partition coefficient (Wildman–Crippen LogP) is 30.9. The van der Waals surface area contributed by atoms with E-state index in [1.807, 2.05) is 29.5 Å². The second-order valence-electron chi connectivity index (χ2n) is 42.2. The lowest BCUT2D eigenvalue weighted by Crippen LogP contribution is -2.50. The Bertz CT molecular complexity index is 10300. The van der Waals surface area contributed by atoms with Crippen LogP contribution in [0.2, 0.25) is 39.3 Å². The van der Waals surface area contributed by atoms with Crippen molar-refractivity contribution in [2.75, 3.05) is 0 Å². The Balaban J connectivity index is 0.000000105. The van der Waals surface area contributed by atoms with Crippen LogP contribution in [0.5, 0.6) is 0 Å². The van der Waals surface area contributed by atoms with Crippen molar-refractivity contribution < 1.29 is 0 Å². The minimum Gasteiger partial charge on any atom is -0.309 e. The molecule has 8 aromatic heterocycles. The Morgan fingerprint density at radius 2 is 0.497 bits per heavy atom. The van der Waals surface area contributed by atoms with Crippen molar-refractivity contribution in [2.45, 2.75) is 58.5 Å². The minimum atomic E-state index is -2.12. The highest BCUT2D eigenvalue weighted by molar-refractivity contribution is 7.26. The molecular weight excluding hydrogens is 1880 g/mol. The minimum absolute atomic E-state index is 0.0542. The Kier molecular flexibility index (Phi) is 19.8. The highest BCUT2D eigenvalue weighted by atomic mass is 32.1. The summed E-state index contributed by atoms with van der Waals surface area (Å²) < 4.78 is 12.4. The summed E-state index contributed by atoms with van der Waals surface area (Å²) >= 11 is 1.88. The molecule has 0 saturated carbocycles. The number of aromatic nitrogens is 10. The average molecular weight is 1980 g/mol. The van der Waals surface area contributed by atoms with Gasteiger partial charge in [0.2, 0.25) is 0 Å². The molecule has 14 heteroatoms. The van der Waals surface area contributed by atoms with E-state index in [0.29, 0.717) is 0 Å². The molecule has 0 fully saturated rings. The summed E-state index contributed by atoms with van der Waals surface area (Å²) in [4.78, 5) is 32.1. The summed E-state index contributed by atoms with van der Waals surface area (Å²) in [7, 11) is -6.30. The lowest BCUT2D eigenvalue weighted by Gasteiger charge is -2.22. The maximum absolute atomic E-state index is 5.43. The molecule has 1 aliphatic carbocycles. The summed E-state index contributed by atoms with van der Waals surface area (Å²) in [5.74, 6) is 2.31. The Morgan fingerprint density at radius 3 is 0.906 bits per heavy atom. The zero-order chi connectivity index (χ0) is 99.6. The maximum Gasteiger partial charge on any atom is 0.160 e. The number of rotatable bonds is 10. The molecular formula is C135H98N10SSi3. The van der Waals surface area contributed by atoms with Crippen LogP contribution >= 0.6 is 11.3 Å². The van der Waals surface area contributed by atoms with Crippen molar-refractivity contribution in [1.29, 1.82) is 0 Å². The number of fused-ring (bicyclic) bond motifs is 30. The number of benzene rings is 19. The predicted molar refractivity (Wildman–Crippen MR) is 633 cm³/mol. The van der Waals surface area contributed by atoms with Crippen LogP contribution in [-0.2, 0) is 5.41 Å². The van der Waals surface area contributed by atoms with Gasteiger partial charge in [-0.1, -0.05) is 393 Å². The van der Waals surface area contributed by atoms with Gasteiger partial charge in [0.1, 0.15) is 24.2 Å². The molecule has 27 aromatic rings. The lowest BCUT2D eigenvalue weighted by atomic mass is 9.82. The molecule has 0 spiro atoms. The number of thiophene rings is 1. The van der Waals surface area contributed by atoms with Gasteiger partial charge in [0, 0.05) is 125 Å². The first kappa shape index (κ1) is 88.0. The van der Waals surface area contributed by atoms with E-state index in [0.717, 1.165) is 108 Å². The maximum atomic E-state index is 5.43. The second-order valence-corrected chi connectivity index (χ2v) is 56.2. The number of para-hydroxylation sites is 5. The smallest absolute Gasteiger partial charge is 0.160 e. The van der Waals surface area contributed by atoms with Crippen LogP contribution in [0.15, 0.2) is 449 Å². The van der Waals surface area contributed by atoms with E-state index in [4.69, 9.17) is 29.9 Å². The van der Waals surface area contributed by atoms with Crippen molar-refractivity contribution in [1.82, 2.24) is 48.2 Å². The summed E-state index contributed by atoms with van der Waals surface area (Å²) in [6, 6.07) is 163. The SMILES string of the molecule is CC1(C)c2ccccc2-c2c1ccc1c2c2ccccc2n1-c1cccc(-c2nc(-c3ccccc3)nc3c2[Si](C)(C)c2ccccc2-3)c1.C[Si]1(C)c2ccccc2-c2nc(-c3ccccc3)nc(-c3cccc(-n4c5ccccc5c5c6c(ccc54)sc4ccccc46)c3)c21.C[Si]1(C)c2ccccc2-c2nc(-c3ccccc3)nc(-c3cccc(-n4c5ccccc5c5c6c7ccccc7n(-c7ccccc7)c6ccc54)c3)c21. The first-order chi connectivity index (χ1) is 73.0. The molecule has 706 valence electrons. The van der Waals surface area contributed by atoms with E-state index in [-0.39, 0.29) is 5.41 Å². The first-order valence-electron chi connectivity index (χ1n) is 51.6. The Labute approximate surface area is 869 Å².